The monoisotopic (exact) mass is 555 g/mol. The number of carboxylic acids is 1. The Balaban J connectivity index is 0.00000342. The number of aromatic carboxylic acids is 1. The van der Waals surface area contributed by atoms with Gasteiger partial charge in [0.2, 0.25) is 0 Å². The second-order valence-corrected chi connectivity index (χ2v) is 9.87. The van der Waals surface area contributed by atoms with Crippen molar-refractivity contribution < 1.29 is 58.0 Å². The smallest absolute Gasteiger partial charge is 0.871 e. The molecule has 0 bridgehead atoms. The van der Waals surface area contributed by atoms with Crippen LogP contribution in [0.1, 0.15) is 10.4 Å². The van der Waals surface area contributed by atoms with Crippen molar-refractivity contribution >= 4 is 59.1 Å². The number of benzene rings is 4. The molecule has 0 fully saturated rings. The summed E-state index contributed by atoms with van der Waals surface area (Å²) < 4.78 is 65.1. The van der Waals surface area contributed by atoms with Gasteiger partial charge in [0.25, 0.3) is 20.2 Å². The molecule has 11 nitrogen and oxygen atoms in total. The van der Waals surface area contributed by atoms with E-state index in [1.165, 1.54) is 24.3 Å². The molecular weight excluding hydrogens is 543 g/mol. The maximum Gasteiger partial charge on any atom is 2.00 e. The Morgan fingerprint density at radius 2 is 1.37 bits per heavy atom. The molecule has 35 heavy (non-hydrogen) atoms. The first-order chi connectivity index (χ1) is 15.9. The van der Waals surface area contributed by atoms with Crippen LogP contribution in [0, 0.1) is 0 Å². The first-order valence-corrected chi connectivity index (χ1v) is 12.1. The molecule has 4 aromatic rings. The molecule has 2 N–H and O–H groups in total. The molecule has 0 heterocycles. The van der Waals surface area contributed by atoms with E-state index in [4.69, 9.17) is 0 Å². The summed E-state index contributed by atoms with van der Waals surface area (Å²) in [7, 11) is -9.99. The zero-order chi connectivity index (χ0) is 24.8. The van der Waals surface area contributed by atoms with Gasteiger partial charge in [-0.3, -0.25) is 9.11 Å². The molecule has 0 spiro atoms. The van der Waals surface area contributed by atoms with Crippen LogP contribution in [0.4, 0.5) is 11.4 Å². The molecule has 0 aliphatic carbocycles. The second kappa shape index (κ2) is 9.34. The minimum Gasteiger partial charge on any atom is -0.871 e. The summed E-state index contributed by atoms with van der Waals surface area (Å²) in [6, 6.07) is 13.3. The molecule has 0 aliphatic heterocycles. The average molecular weight is 555 g/mol. The molecule has 0 aromatic heterocycles. The molecule has 1 radical (unpaired) electrons. The van der Waals surface area contributed by atoms with Gasteiger partial charge in [0.15, 0.2) is 0 Å². The molecule has 0 amide bonds. The summed E-state index contributed by atoms with van der Waals surface area (Å²) in [5, 5.41) is 32.8. The van der Waals surface area contributed by atoms with E-state index in [0.717, 1.165) is 12.1 Å². The van der Waals surface area contributed by atoms with Crippen LogP contribution in [0.25, 0.3) is 21.5 Å². The Labute approximate surface area is 208 Å². The maximum absolute atomic E-state index is 12.6. The standard InChI is InChI=1S/C21H14N2O9S2.Mn/c24-20-16(21(25)26)8-12-3-1-2-4-15(12)19(20)23-22-14-6-5-11-9-17(33(27,28)29)18(34(30,31)32)10-13(11)7-14;/h1-10,24H,(H,25,26)(H,27,28,29)(H,30,31,32);/q;+2/p-2. The number of nitrogens with zero attached hydrogens (tertiary/aromatic N) is 2. The summed E-state index contributed by atoms with van der Waals surface area (Å²) in [4.78, 5) is 9.30. The van der Waals surface area contributed by atoms with Crippen LogP contribution in [0.5, 0.6) is 5.75 Å². The molecule has 0 unspecified atom stereocenters. The number of carbonyl (C=O) groups excluding carboxylic acids is 1. The second-order valence-electron chi connectivity index (χ2n) is 7.09. The van der Waals surface area contributed by atoms with Gasteiger partial charge in [0, 0.05) is 5.39 Å². The van der Waals surface area contributed by atoms with E-state index >= 15 is 0 Å². The Morgan fingerprint density at radius 3 is 1.97 bits per heavy atom. The number of fused-ring (bicyclic) bond motifs is 2. The van der Waals surface area contributed by atoms with Crippen molar-refractivity contribution in [1.82, 2.24) is 0 Å². The van der Waals surface area contributed by atoms with E-state index in [1.54, 1.807) is 24.3 Å². The van der Waals surface area contributed by atoms with Gasteiger partial charge >= 0.3 is 17.1 Å². The summed E-state index contributed by atoms with van der Waals surface area (Å²) >= 11 is 0. The van der Waals surface area contributed by atoms with E-state index in [-0.39, 0.29) is 39.2 Å². The van der Waals surface area contributed by atoms with Gasteiger partial charge in [0.05, 0.1) is 17.3 Å². The molecule has 14 heteroatoms. The third kappa shape index (κ3) is 5.17. The van der Waals surface area contributed by atoms with Crippen LogP contribution in [-0.4, -0.2) is 31.9 Å². The minimum atomic E-state index is -5.02. The fourth-order valence-electron chi connectivity index (χ4n) is 3.38. The molecule has 0 saturated carbocycles. The van der Waals surface area contributed by atoms with E-state index in [1.807, 2.05) is 0 Å². The van der Waals surface area contributed by atoms with Gasteiger partial charge in [-0.05, 0) is 52.1 Å². The normalized spacial score (nSPS) is 12.2. The number of hydrogen-bond acceptors (Lipinski definition) is 9. The molecule has 179 valence electrons. The summed E-state index contributed by atoms with van der Waals surface area (Å²) in [6.45, 7) is 0. The number of hydrogen-bond donors (Lipinski definition) is 2. The van der Waals surface area contributed by atoms with Gasteiger partial charge in [0.1, 0.15) is 9.79 Å². The molecule has 0 saturated heterocycles. The van der Waals surface area contributed by atoms with Crippen molar-refractivity contribution in [2.45, 2.75) is 9.79 Å². The predicted molar refractivity (Wildman–Crippen MR) is 115 cm³/mol. The van der Waals surface area contributed by atoms with Crippen LogP contribution >= 0.6 is 0 Å². The molecule has 4 aromatic carbocycles. The van der Waals surface area contributed by atoms with E-state index in [9.17, 15) is 40.9 Å². The van der Waals surface area contributed by atoms with Crippen molar-refractivity contribution in [2.24, 2.45) is 10.2 Å². The van der Waals surface area contributed by atoms with Crippen LogP contribution in [0.15, 0.2) is 80.7 Å². The summed E-state index contributed by atoms with van der Waals surface area (Å²) in [5.41, 5.74) is -0.754. The number of rotatable bonds is 5. The van der Waals surface area contributed by atoms with Crippen LogP contribution in [-0.2, 0) is 37.3 Å². The zero-order valence-electron chi connectivity index (χ0n) is 17.1. The van der Waals surface area contributed by atoms with E-state index in [0.29, 0.717) is 10.8 Å². The van der Waals surface area contributed by atoms with Crippen molar-refractivity contribution in [3.8, 4) is 5.75 Å². The zero-order valence-corrected chi connectivity index (χ0v) is 19.9. The summed E-state index contributed by atoms with van der Waals surface area (Å²) in [5.74, 6) is -2.58. The Morgan fingerprint density at radius 1 is 0.771 bits per heavy atom. The number of carbonyl (C=O) groups is 1. The fraction of sp³-hybridized carbons (Fsp3) is 0. The van der Waals surface area contributed by atoms with Crippen LogP contribution in [0.3, 0.4) is 0 Å². The Kier molecular flexibility index (Phi) is 6.99. The molecule has 4 rings (SSSR count). The minimum absolute atomic E-state index is 0. The number of carboxylic acid groups (broad SMARTS) is 1. The van der Waals surface area contributed by atoms with Crippen molar-refractivity contribution in [3.63, 3.8) is 0 Å². The largest absolute Gasteiger partial charge is 2.00 e. The van der Waals surface area contributed by atoms with Gasteiger partial charge in [-0.1, -0.05) is 36.1 Å². The Bertz CT molecular complexity index is 1750. The SMILES string of the molecule is O=C([O-])c1cc2ccccc2c(N=Nc2ccc3cc(S(=O)(=O)O)c(S(=O)(=O)O)cc3c2)c1[O-].[Mn+2]. The third-order valence-corrected chi connectivity index (χ3v) is 6.82. The van der Waals surface area contributed by atoms with Crippen LogP contribution < -0.4 is 10.2 Å². The van der Waals surface area contributed by atoms with Gasteiger partial charge < -0.3 is 15.0 Å². The fourth-order valence-corrected chi connectivity index (χ4v) is 5.19. The molecular formula is C21H12MnN2O9S2. The van der Waals surface area contributed by atoms with Gasteiger partial charge in [-0.15, -0.1) is 0 Å². The predicted octanol–water partition coefficient (Wildman–Crippen LogP) is 2.34. The van der Waals surface area contributed by atoms with Gasteiger partial charge in [-0.25, -0.2) is 0 Å². The molecule has 0 atom stereocenters. The molecule has 0 aliphatic rings. The van der Waals surface area contributed by atoms with E-state index in [2.05, 4.69) is 10.2 Å². The summed E-state index contributed by atoms with van der Waals surface area (Å²) in [6.07, 6.45) is 0. The quantitative estimate of drug-likeness (QED) is 0.211. The van der Waals surface area contributed by atoms with Gasteiger partial charge in [-0.2, -0.15) is 27.1 Å². The van der Waals surface area contributed by atoms with Crippen molar-refractivity contribution in [3.05, 3.63) is 66.2 Å². The topological polar surface area (TPSA) is 197 Å². The van der Waals surface area contributed by atoms with Crippen LogP contribution in [0.2, 0.25) is 0 Å². The third-order valence-electron chi connectivity index (χ3n) is 4.90. The number of azo groups is 1. The Hall–Kier alpha value is -3.39. The first kappa shape index (κ1) is 26.2. The maximum atomic E-state index is 12.6. The first-order valence-electron chi connectivity index (χ1n) is 9.25. The van der Waals surface area contributed by atoms with Crippen molar-refractivity contribution in [2.75, 3.05) is 0 Å². The average Bonchev–Trinajstić information content (AvgIpc) is 2.75. The van der Waals surface area contributed by atoms with Crippen molar-refractivity contribution in [1.29, 1.82) is 0 Å². The van der Waals surface area contributed by atoms with E-state index < -0.39 is 47.3 Å².